The third kappa shape index (κ3) is 2.25. The molecule has 1 atom stereocenters. The second-order valence-corrected chi connectivity index (χ2v) is 7.91. The topological polar surface area (TPSA) is 111 Å². The second kappa shape index (κ2) is 6.16. The lowest BCUT2D eigenvalue weighted by Gasteiger charge is -2.49. The third-order valence-electron chi connectivity index (χ3n) is 5.66. The van der Waals surface area contributed by atoms with E-state index in [9.17, 15) is 0 Å². The van der Waals surface area contributed by atoms with Crippen LogP contribution in [0.15, 0.2) is 30.3 Å². The fourth-order valence-electron chi connectivity index (χ4n) is 4.19. The van der Waals surface area contributed by atoms with Crippen LogP contribution in [0.1, 0.15) is 19.2 Å². The highest BCUT2D eigenvalue weighted by atomic mass is 32.1. The summed E-state index contributed by atoms with van der Waals surface area (Å²) in [7, 11) is 0. The normalized spacial score (nSPS) is 20.2. The molecule has 0 spiro atoms. The van der Waals surface area contributed by atoms with E-state index in [1.807, 2.05) is 16.1 Å². The Morgan fingerprint density at radius 1 is 1.31 bits per heavy atom. The van der Waals surface area contributed by atoms with Gasteiger partial charge in [0.2, 0.25) is 0 Å². The van der Waals surface area contributed by atoms with E-state index in [0.29, 0.717) is 19.0 Å². The molecule has 1 fully saturated rings. The molecule has 1 N–H and O–H groups in total. The van der Waals surface area contributed by atoms with Crippen molar-refractivity contribution in [2.45, 2.75) is 18.9 Å². The number of fused-ring (bicyclic) bond motifs is 6. The number of anilines is 1. The van der Waals surface area contributed by atoms with E-state index >= 15 is 0 Å². The zero-order valence-corrected chi connectivity index (χ0v) is 16.4. The fourth-order valence-corrected chi connectivity index (χ4v) is 4.84. The van der Waals surface area contributed by atoms with Gasteiger partial charge < -0.3 is 9.64 Å². The minimum atomic E-state index is -0.387. The van der Waals surface area contributed by atoms with Crippen LogP contribution >= 0.6 is 11.3 Å². The van der Waals surface area contributed by atoms with E-state index in [1.54, 1.807) is 30.1 Å². The van der Waals surface area contributed by atoms with Crippen LogP contribution in [-0.4, -0.2) is 59.7 Å². The van der Waals surface area contributed by atoms with Crippen molar-refractivity contribution in [3.63, 3.8) is 0 Å². The Bertz CT molecular complexity index is 1180. The highest BCUT2D eigenvalue weighted by Gasteiger charge is 2.48. The Morgan fingerprint density at radius 2 is 2.28 bits per heavy atom. The van der Waals surface area contributed by atoms with E-state index in [0.717, 1.165) is 46.6 Å². The average molecular weight is 407 g/mol. The first-order chi connectivity index (χ1) is 14.3. The van der Waals surface area contributed by atoms with Gasteiger partial charge in [0, 0.05) is 18.1 Å². The van der Waals surface area contributed by atoms with Crippen molar-refractivity contribution >= 4 is 17.2 Å². The molecular formula is C18H17N9OS. The number of morpholine rings is 1. The Kier molecular flexibility index (Phi) is 3.56. The number of hydrogen-bond acceptors (Lipinski definition) is 9. The van der Waals surface area contributed by atoms with Crippen molar-refractivity contribution in [1.29, 1.82) is 0 Å². The average Bonchev–Trinajstić information content (AvgIpc) is 3.54. The number of nitrogens with zero attached hydrogens (tertiary/aromatic N) is 8. The van der Waals surface area contributed by atoms with Gasteiger partial charge in [-0.3, -0.25) is 9.67 Å². The van der Waals surface area contributed by atoms with Crippen LogP contribution in [0.25, 0.3) is 27.8 Å². The van der Waals surface area contributed by atoms with Gasteiger partial charge in [-0.05, 0) is 6.42 Å². The summed E-state index contributed by atoms with van der Waals surface area (Å²) in [5.74, 6) is 2.34. The van der Waals surface area contributed by atoms with E-state index in [-0.39, 0.29) is 5.54 Å². The largest absolute Gasteiger partial charge is 0.377 e. The SMILES string of the molecule is CC[C@]12COCCN1c1nc(-c3cn[nH]c3-c3nccs3)ncc1-n1cnnc12. The molecule has 0 bridgehead atoms. The van der Waals surface area contributed by atoms with Crippen LogP contribution in [0.5, 0.6) is 0 Å². The zero-order valence-electron chi connectivity index (χ0n) is 15.6. The molecule has 146 valence electrons. The van der Waals surface area contributed by atoms with Crippen LogP contribution in [0.4, 0.5) is 5.82 Å². The number of thiazole rings is 1. The highest BCUT2D eigenvalue weighted by Crippen LogP contribution is 2.44. The van der Waals surface area contributed by atoms with Crippen molar-refractivity contribution in [1.82, 2.24) is 39.9 Å². The zero-order chi connectivity index (χ0) is 19.4. The van der Waals surface area contributed by atoms with Crippen LogP contribution < -0.4 is 4.90 Å². The van der Waals surface area contributed by atoms with Gasteiger partial charge in [-0.1, -0.05) is 6.92 Å². The molecule has 0 saturated carbocycles. The Hall–Kier alpha value is -3.18. The molecule has 6 heterocycles. The summed E-state index contributed by atoms with van der Waals surface area (Å²) in [6.07, 6.45) is 7.91. The van der Waals surface area contributed by atoms with Crippen LogP contribution in [0, 0.1) is 0 Å². The fraction of sp³-hybridized carbons (Fsp3) is 0.333. The first-order valence-electron chi connectivity index (χ1n) is 9.39. The van der Waals surface area contributed by atoms with Gasteiger partial charge in [0.1, 0.15) is 28.3 Å². The van der Waals surface area contributed by atoms with E-state index in [2.05, 4.69) is 42.2 Å². The highest BCUT2D eigenvalue weighted by molar-refractivity contribution is 7.13. The Labute approximate surface area is 169 Å². The molecular weight excluding hydrogens is 390 g/mol. The van der Waals surface area contributed by atoms with Gasteiger partial charge >= 0.3 is 0 Å². The standard InChI is InChI=1S/C18H17N9OS/c1-2-18-9-28-5-4-27(18)15-12(26-10-22-25-17(18)26)8-20-14(23-15)11-7-21-24-13(11)16-19-3-6-29-16/h3,6-8,10H,2,4-5,9H2,1H3,(H,21,24)/t18-/m1/s1. The number of rotatable bonds is 3. The summed E-state index contributed by atoms with van der Waals surface area (Å²) >= 11 is 1.55. The maximum atomic E-state index is 5.86. The van der Waals surface area contributed by atoms with Gasteiger partial charge in [-0.25, -0.2) is 15.0 Å². The molecule has 2 aliphatic heterocycles. The lowest BCUT2D eigenvalue weighted by Crippen LogP contribution is -2.58. The number of hydrogen-bond donors (Lipinski definition) is 1. The lowest BCUT2D eigenvalue weighted by molar-refractivity contribution is 0.0391. The minimum Gasteiger partial charge on any atom is -0.377 e. The quantitative estimate of drug-likeness (QED) is 0.549. The van der Waals surface area contributed by atoms with Gasteiger partial charge in [0.15, 0.2) is 17.5 Å². The first kappa shape index (κ1) is 16.7. The van der Waals surface area contributed by atoms with Gasteiger partial charge in [0.25, 0.3) is 0 Å². The number of aromatic nitrogens is 8. The van der Waals surface area contributed by atoms with Gasteiger partial charge in [0.05, 0.1) is 31.2 Å². The molecule has 0 aliphatic carbocycles. The molecule has 2 aliphatic rings. The predicted molar refractivity (Wildman–Crippen MR) is 106 cm³/mol. The number of aromatic amines is 1. The van der Waals surface area contributed by atoms with Crippen LogP contribution in [0.2, 0.25) is 0 Å². The van der Waals surface area contributed by atoms with Gasteiger partial charge in [-0.2, -0.15) is 5.10 Å². The summed E-state index contributed by atoms with van der Waals surface area (Å²) < 4.78 is 7.83. The molecule has 10 nitrogen and oxygen atoms in total. The molecule has 0 aromatic carbocycles. The molecule has 11 heteroatoms. The Balaban J connectivity index is 1.55. The molecule has 4 aromatic rings. The van der Waals surface area contributed by atoms with Crippen molar-refractivity contribution in [3.05, 3.63) is 36.1 Å². The molecule has 0 amide bonds. The summed E-state index contributed by atoms with van der Waals surface area (Å²) in [4.78, 5) is 16.3. The molecule has 4 aromatic heterocycles. The summed E-state index contributed by atoms with van der Waals surface area (Å²) in [6.45, 7) is 4.07. The predicted octanol–water partition coefficient (Wildman–Crippen LogP) is 2.03. The minimum absolute atomic E-state index is 0.387. The van der Waals surface area contributed by atoms with Crippen molar-refractivity contribution in [2.24, 2.45) is 0 Å². The molecule has 29 heavy (non-hydrogen) atoms. The van der Waals surface area contributed by atoms with Gasteiger partial charge in [-0.15, -0.1) is 21.5 Å². The van der Waals surface area contributed by atoms with E-state index < -0.39 is 0 Å². The summed E-state index contributed by atoms with van der Waals surface area (Å²) in [5, 5.41) is 18.6. The number of H-pyrrole nitrogens is 1. The molecule has 6 rings (SSSR count). The number of nitrogens with one attached hydrogen (secondary N) is 1. The Morgan fingerprint density at radius 3 is 3.14 bits per heavy atom. The monoisotopic (exact) mass is 407 g/mol. The van der Waals surface area contributed by atoms with Crippen LogP contribution in [0.3, 0.4) is 0 Å². The molecule has 1 saturated heterocycles. The molecule has 0 radical (unpaired) electrons. The molecule has 0 unspecified atom stereocenters. The maximum absolute atomic E-state index is 5.86. The third-order valence-corrected chi connectivity index (χ3v) is 6.45. The van der Waals surface area contributed by atoms with Crippen LogP contribution in [-0.2, 0) is 10.3 Å². The smallest absolute Gasteiger partial charge is 0.165 e. The van der Waals surface area contributed by atoms with Crippen molar-refractivity contribution < 1.29 is 4.74 Å². The second-order valence-electron chi connectivity index (χ2n) is 7.01. The van der Waals surface area contributed by atoms with Crippen molar-refractivity contribution in [2.75, 3.05) is 24.7 Å². The first-order valence-corrected chi connectivity index (χ1v) is 10.3. The van der Waals surface area contributed by atoms with E-state index in [4.69, 9.17) is 9.72 Å². The lowest BCUT2D eigenvalue weighted by atomic mass is 9.90. The van der Waals surface area contributed by atoms with Crippen molar-refractivity contribution in [3.8, 4) is 27.8 Å². The van der Waals surface area contributed by atoms with E-state index in [1.165, 1.54) is 0 Å². The summed E-state index contributed by atoms with van der Waals surface area (Å²) in [5.41, 5.74) is 2.14. The maximum Gasteiger partial charge on any atom is 0.165 e. The number of ether oxygens (including phenoxy) is 1. The summed E-state index contributed by atoms with van der Waals surface area (Å²) in [6, 6.07) is 0.